The maximum absolute atomic E-state index is 6.03. The first-order valence-corrected chi connectivity index (χ1v) is 10.9. The molecule has 0 amide bonds. The molecule has 0 radical (unpaired) electrons. The maximum atomic E-state index is 6.03. The number of piperidine rings is 1. The van der Waals surface area contributed by atoms with E-state index in [1.54, 1.807) is 7.11 Å². The van der Waals surface area contributed by atoms with Gasteiger partial charge in [0.2, 0.25) is 0 Å². The summed E-state index contributed by atoms with van der Waals surface area (Å²) in [6.07, 6.45) is 3.05. The molecule has 0 spiro atoms. The zero-order valence-electron chi connectivity index (χ0n) is 17.5. The van der Waals surface area contributed by atoms with Crippen LogP contribution in [0.1, 0.15) is 31.7 Å². The number of hydrogen-bond donors (Lipinski definition) is 1. The number of rotatable bonds is 8. The van der Waals surface area contributed by atoms with Crippen LogP contribution >= 0.6 is 11.6 Å². The lowest BCUT2D eigenvalue weighted by atomic mass is 10.0. The molecule has 3 aromatic rings. The molecule has 1 aromatic heterocycles. The Balaban J connectivity index is 1.32. The van der Waals surface area contributed by atoms with Crippen LogP contribution in [0.2, 0.25) is 5.02 Å². The lowest BCUT2D eigenvalue weighted by Gasteiger charge is -2.32. The molecule has 4 rings (SSSR count). The number of nitrogens with one attached hydrogen (secondary N) is 1. The van der Waals surface area contributed by atoms with E-state index in [0.717, 1.165) is 61.5 Å². The Hall–Kier alpha value is -2.44. The molecule has 7 heteroatoms. The Kier molecular flexibility index (Phi) is 6.65. The van der Waals surface area contributed by atoms with Gasteiger partial charge in [-0.25, -0.2) is 0 Å². The monoisotopic (exact) mass is 429 g/mol. The summed E-state index contributed by atoms with van der Waals surface area (Å²) in [5.41, 5.74) is 2.77. The van der Waals surface area contributed by atoms with E-state index < -0.39 is 0 Å². The van der Waals surface area contributed by atoms with E-state index in [1.165, 1.54) is 5.56 Å². The van der Waals surface area contributed by atoms with Crippen LogP contribution in [0, 0.1) is 0 Å². The fourth-order valence-electron chi connectivity index (χ4n) is 3.77. The molecule has 0 bridgehead atoms. The number of nitrogens with zero attached hydrogens (tertiary/aromatic N) is 2. The molecule has 1 saturated heterocycles. The molecule has 0 atom stereocenters. The number of ether oxygens (including phenoxy) is 2. The highest BCUT2D eigenvalue weighted by atomic mass is 35.5. The predicted molar refractivity (Wildman–Crippen MR) is 120 cm³/mol. The highest BCUT2D eigenvalue weighted by molar-refractivity contribution is 6.31. The van der Waals surface area contributed by atoms with Crippen molar-refractivity contribution in [3.05, 3.63) is 47.0 Å². The molecule has 160 valence electrons. The Labute approximate surface area is 182 Å². The van der Waals surface area contributed by atoms with Gasteiger partial charge in [-0.05, 0) is 55.2 Å². The summed E-state index contributed by atoms with van der Waals surface area (Å²) in [6, 6.07) is 12.6. The first-order chi connectivity index (χ1) is 14.6. The summed E-state index contributed by atoms with van der Waals surface area (Å²) in [5, 5.41) is 4.10. The van der Waals surface area contributed by atoms with Crippen molar-refractivity contribution in [2.75, 3.05) is 32.1 Å². The fourth-order valence-corrected chi connectivity index (χ4v) is 3.94. The second kappa shape index (κ2) is 9.58. The largest absolute Gasteiger partial charge is 0.493 e. The maximum Gasteiger partial charge on any atom is 0.295 e. The van der Waals surface area contributed by atoms with Crippen LogP contribution in [0.3, 0.4) is 0 Å². The van der Waals surface area contributed by atoms with Gasteiger partial charge in [0.25, 0.3) is 6.01 Å². The normalized spacial score (nSPS) is 15.4. The summed E-state index contributed by atoms with van der Waals surface area (Å²) in [7, 11) is 1.68. The van der Waals surface area contributed by atoms with Gasteiger partial charge in [-0.3, -0.25) is 4.90 Å². The van der Waals surface area contributed by atoms with Crippen LogP contribution in [-0.2, 0) is 6.54 Å². The van der Waals surface area contributed by atoms with Crippen molar-refractivity contribution >= 4 is 28.7 Å². The number of methoxy groups -OCH3 is 1. The summed E-state index contributed by atoms with van der Waals surface area (Å²) < 4.78 is 17.1. The highest BCUT2D eigenvalue weighted by Crippen LogP contribution is 2.29. The number of benzene rings is 2. The van der Waals surface area contributed by atoms with E-state index in [0.29, 0.717) is 23.7 Å². The van der Waals surface area contributed by atoms with E-state index in [4.69, 9.17) is 25.5 Å². The van der Waals surface area contributed by atoms with Crippen molar-refractivity contribution in [2.45, 2.75) is 38.8 Å². The van der Waals surface area contributed by atoms with E-state index in [-0.39, 0.29) is 0 Å². The molecule has 2 heterocycles. The number of fused-ring (bicyclic) bond motifs is 1. The zero-order valence-corrected chi connectivity index (χ0v) is 18.2. The minimum absolute atomic E-state index is 0.351. The van der Waals surface area contributed by atoms with Crippen molar-refractivity contribution in [3.8, 4) is 11.5 Å². The standard InChI is InChI=1S/C23H28ClN3O3/c1-3-12-29-22-13-16(4-6-21(22)28-2)15-27-10-8-18(9-11-27)25-23-26-19-14-17(24)5-7-20(19)30-23/h4-7,13-14,18H,3,8-12,15H2,1-2H3,(H,25,26). The van der Waals surface area contributed by atoms with Crippen molar-refractivity contribution in [2.24, 2.45) is 0 Å². The molecular weight excluding hydrogens is 402 g/mol. The van der Waals surface area contributed by atoms with Crippen LogP contribution in [0.15, 0.2) is 40.8 Å². The third-order valence-electron chi connectivity index (χ3n) is 5.36. The van der Waals surface area contributed by atoms with Gasteiger partial charge in [0.15, 0.2) is 17.1 Å². The Morgan fingerprint density at radius 2 is 2.00 bits per heavy atom. The predicted octanol–water partition coefficient (Wildman–Crippen LogP) is 5.36. The van der Waals surface area contributed by atoms with Crippen molar-refractivity contribution in [1.82, 2.24) is 9.88 Å². The van der Waals surface area contributed by atoms with Gasteiger partial charge in [0.05, 0.1) is 13.7 Å². The average molecular weight is 430 g/mol. The van der Waals surface area contributed by atoms with Crippen molar-refractivity contribution < 1.29 is 13.9 Å². The number of likely N-dealkylation sites (tertiary alicyclic amines) is 1. The summed E-state index contributed by atoms with van der Waals surface area (Å²) in [5.74, 6) is 1.61. The third-order valence-corrected chi connectivity index (χ3v) is 5.60. The first-order valence-electron chi connectivity index (χ1n) is 10.5. The van der Waals surface area contributed by atoms with Gasteiger partial charge in [0.1, 0.15) is 5.52 Å². The number of oxazole rings is 1. The zero-order chi connectivity index (χ0) is 20.9. The first kappa shape index (κ1) is 20.8. The van der Waals surface area contributed by atoms with Crippen molar-refractivity contribution in [3.63, 3.8) is 0 Å². The molecular formula is C23H28ClN3O3. The van der Waals surface area contributed by atoms with Gasteiger partial charge < -0.3 is 19.2 Å². The number of anilines is 1. The van der Waals surface area contributed by atoms with Gasteiger partial charge in [-0.15, -0.1) is 0 Å². The summed E-state index contributed by atoms with van der Waals surface area (Å²) in [6.45, 7) is 5.73. The number of halogens is 1. The molecule has 2 aromatic carbocycles. The van der Waals surface area contributed by atoms with Crippen LogP contribution in [-0.4, -0.2) is 42.7 Å². The fraction of sp³-hybridized carbons (Fsp3) is 0.435. The highest BCUT2D eigenvalue weighted by Gasteiger charge is 2.21. The van der Waals surface area contributed by atoms with Gasteiger partial charge >= 0.3 is 0 Å². The van der Waals surface area contributed by atoms with E-state index >= 15 is 0 Å². The van der Waals surface area contributed by atoms with Gasteiger partial charge in [-0.1, -0.05) is 24.6 Å². The van der Waals surface area contributed by atoms with E-state index in [2.05, 4.69) is 34.3 Å². The topological polar surface area (TPSA) is 59.8 Å². The molecule has 1 fully saturated rings. The molecule has 1 N–H and O–H groups in total. The number of hydrogen-bond acceptors (Lipinski definition) is 6. The Bertz CT molecular complexity index is 983. The Morgan fingerprint density at radius 3 is 2.77 bits per heavy atom. The second-order valence-corrected chi connectivity index (χ2v) is 8.10. The molecule has 6 nitrogen and oxygen atoms in total. The van der Waals surface area contributed by atoms with Crippen molar-refractivity contribution in [1.29, 1.82) is 0 Å². The molecule has 1 aliphatic heterocycles. The summed E-state index contributed by atoms with van der Waals surface area (Å²) in [4.78, 5) is 6.97. The van der Waals surface area contributed by atoms with E-state index in [9.17, 15) is 0 Å². The van der Waals surface area contributed by atoms with E-state index in [1.807, 2.05) is 24.3 Å². The van der Waals surface area contributed by atoms with Crippen LogP contribution in [0.5, 0.6) is 11.5 Å². The van der Waals surface area contributed by atoms with Crippen LogP contribution in [0.4, 0.5) is 6.01 Å². The molecule has 30 heavy (non-hydrogen) atoms. The van der Waals surface area contributed by atoms with Gasteiger partial charge in [-0.2, -0.15) is 4.98 Å². The number of aromatic nitrogens is 1. The van der Waals surface area contributed by atoms with Gasteiger partial charge in [0, 0.05) is 30.7 Å². The lowest BCUT2D eigenvalue weighted by molar-refractivity contribution is 0.209. The van der Waals surface area contributed by atoms with Crippen LogP contribution < -0.4 is 14.8 Å². The SMILES string of the molecule is CCCOc1cc(CN2CCC(Nc3nc4cc(Cl)ccc4o3)CC2)ccc1OC. The quantitative estimate of drug-likeness (QED) is 0.520. The molecule has 1 aliphatic rings. The second-order valence-electron chi connectivity index (χ2n) is 7.66. The minimum Gasteiger partial charge on any atom is -0.493 e. The van der Waals surface area contributed by atoms with Crippen LogP contribution in [0.25, 0.3) is 11.1 Å². The molecule has 0 saturated carbocycles. The third kappa shape index (κ3) is 4.99. The molecule has 0 unspecified atom stereocenters. The summed E-state index contributed by atoms with van der Waals surface area (Å²) >= 11 is 6.03. The minimum atomic E-state index is 0.351. The Morgan fingerprint density at radius 1 is 1.17 bits per heavy atom. The lowest BCUT2D eigenvalue weighted by Crippen LogP contribution is -2.38. The molecule has 0 aliphatic carbocycles. The smallest absolute Gasteiger partial charge is 0.295 e. The average Bonchev–Trinajstić information content (AvgIpc) is 3.15.